The number of ether oxygens (including phenoxy) is 1. The molecule has 0 bridgehead atoms. The van der Waals surface area contributed by atoms with E-state index in [-0.39, 0.29) is 5.91 Å². The number of hydrogen-bond donors (Lipinski definition) is 1. The van der Waals surface area contributed by atoms with Crippen molar-refractivity contribution in [2.75, 3.05) is 12.4 Å². The van der Waals surface area contributed by atoms with Gasteiger partial charge in [-0.05, 0) is 30.3 Å². The number of benzene rings is 1. The molecule has 0 aliphatic heterocycles. The summed E-state index contributed by atoms with van der Waals surface area (Å²) in [5, 5.41) is 11.7. The summed E-state index contributed by atoms with van der Waals surface area (Å²) in [5.74, 6) is 0.373. The van der Waals surface area contributed by atoms with Gasteiger partial charge in [0.05, 0.1) is 18.2 Å². The van der Waals surface area contributed by atoms with Crippen LogP contribution in [0.2, 0.25) is 5.02 Å². The third kappa shape index (κ3) is 3.05. The number of carbonyl (C=O) groups is 1. The van der Waals surface area contributed by atoms with Gasteiger partial charge in [-0.2, -0.15) is 5.26 Å². The number of anilines is 1. The van der Waals surface area contributed by atoms with Crippen LogP contribution in [0.3, 0.4) is 0 Å². The van der Waals surface area contributed by atoms with Crippen LogP contribution in [0.5, 0.6) is 5.75 Å². The van der Waals surface area contributed by atoms with E-state index in [1.54, 1.807) is 24.3 Å². The van der Waals surface area contributed by atoms with E-state index in [4.69, 9.17) is 21.6 Å². The molecule has 0 aliphatic rings. The standard InChI is InChI=1S/C14H10ClN3O2/c1-20-12-4-3-10(15)6-11(12)14(19)18-13-5-2-9(7-16)8-17-13/h2-6,8H,1H3,(H,17,18,19). The Morgan fingerprint density at radius 2 is 2.20 bits per heavy atom. The molecule has 20 heavy (non-hydrogen) atoms. The molecule has 1 heterocycles. The molecule has 0 aliphatic carbocycles. The van der Waals surface area contributed by atoms with E-state index in [9.17, 15) is 4.79 Å². The number of carbonyl (C=O) groups excluding carboxylic acids is 1. The fourth-order valence-electron chi connectivity index (χ4n) is 1.58. The first-order valence-electron chi connectivity index (χ1n) is 5.65. The smallest absolute Gasteiger partial charge is 0.260 e. The molecule has 100 valence electrons. The molecule has 1 amide bonds. The highest BCUT2D eigenvalue weighted by molar-refractivity contribution is 6.31. The van der Waals surface area contributed by atoms with Gasteiger partial charge in [0.15, 0.2) is 0 Å². The molecule has 0 saturated heterocycles. The Labute approximate surface area is 120 Å². The SMILES string of the molecule is COc1ccc(Cl)cc1C(=O)Nc1ccc(C#N)cn1. The zero-order valence-electron chi connectivity index (χ0n) is 10.6. The Balaban J connectivity index is 2.23. The lowest BCUT2D eigenvalue weighted by Crippen LogP contribution is -2.14. The molecule has 0 saturated carbocycles. The summed E-state index contributed by atoms with van der Waals surface area (Å²) in [6, 6.07) is 9.83. The Hall–Kier alpha value is -2.58. The topological polar surface area (TPSA) is 75.0 Å². The molecule has 1 aromatic carbocycles. The monoisotopic (exact) mass is 287 g/mol. The van der Waals surface area contributed by atoms with Gasteiger partial charge < -0.3 is 10.1 Å². The second-order valence-electron chi connectivity index (χ2n) is 3.84. The van der Waals surface area contributed by atoms with Gasteiger partial charge in [-0.3, -0.25) is 4.79 Å². The fraction of sp³-hybridized carbons (Fsp3) is 0.0714. The average Bonchev–Trinajstić information content (AvgIpc) is 2.48. The predicted octanol–water partition coefficient (Wildman–Crippen LogP) is 2.87. The normalized spacial score (nSPS) is 9.65. The molecule has 2 aromatic rings. The molecule has 0 radical (unpaired) electrons. The van der Waals surface area contributed by atoms with Gasteiger partial charge in [0.1, 0.15) is 17.6 Å². The average molecular weight is 288 g/mol. The molecule has 1 aromatic heterocycles. The number of hydrogen-bond acceptors (Lipinski definition) is 4. The predicted molar refractivity (Wildman–Crippen MR) is 74.9 cm³/mol. The van der Waals surface area contributed by atoms with Crippen molar-refractivity contribution in [3.05, 3.63) is 52.7 Å². The highest BCUT2D eigenvalue weighted by atomic mass is 35.5. The lowest BCUT2D eigenvalue weighted by atomic mass is 10.2. The second kappa shape index (κ2) is 6.04. The maximum absolute atomic E-state index is 12.1. The van der Waals surface area contributed by atoms with Crippen molar-refractivity contribution < 1.29 is 9.53 Å². The second-order valence-corrected chi connectivity index (χ2v) is 4.28. The molecular formula is C14H10ClN3O2. The molecule has 2 rings (SSSR count). The lowest BCUT2D eigenvalue weighted by molar-refractivity contribution is 0.102. The summed E-state index contributed by atoms with van der Waals surface area (Å²) >= 11 is 5.87. The Kier molecular flexibility index (Phi) is 4.18. The van der Waals surface area contributed by atoms with Crippen LogP contribution in [0.25, 0.3) is 0 Å². The summed E-state index contributed by atoms with van der Waals surface area (Å²) in [6.45, 7) is 0. The van der Waals surface area contributed by atoms with Crippen LogP contribution in [0, 0.1) is 11.3 Å². The first-order chi connectivity index (χ1) is 9.63. The summed E-state index contributed by atoms with van der Waals surface area (Å²) in [6.07, 6.45) is 1.38. The van der Waals surface area contributed by atoms with Crippen LogP contribution in [-0.4, -0.2) is 18.0 Å². The fourth-order valence-corrected chi connectivity index (χ4v) is 1.75. The maximum Gasteiger partial charge on any atom is 0.260 e. The number of methoxy groups -OCH3 is 1. The van der Waals surface area contributed by atoms with Gasteiger partial charge in [-0.15, -0.1) is 0 Å². The van der Waals surface area contributed by atoms with E-state index in [1.165, 1.54) is 19.4 Å². The maximum atomic E-state index is 12.1. The minimum atomic E-state index is -0.387. The number of nitriles is 1. The number of nitrogens with one attached hydrogen (secondary N) is 1. The van der Waals surface area contributed by atoms with E-state index in [2.05, 4.69) is 10.3 Å². The van der Waals surface area contributed by atoms with Crippen LogP contribution in [0.4, 0.5) is 5.82 Å². The van der Waals surface area contributed by atoms with Gasteiger partial charge in [-0.1, -0.05) is 11.6 Å². The van der Waals surface area contributed by atoms with Crippen molar-refractivity contribution in [3.63, 3.8) is 0 Å². The lowest BCUT2D eigenvalue weighted by Gasteiger charge is -2.09. The number of aromatic nitrogens is 1. The molecule has 5 nitrogen and oxygen atoms in total. The van der Waals surface area contributed by atoms with Gasteiger partial charge >= 0.3 is 0 Å². The molecule has 0 atom stereocenters. The van der Waals surface area contributed by atoms with Gasteiger partial charge in [0.25, 0.3) is 5.91 Å². The van der Waals surface area contributed by atoms with Gasteiger partial charge in [-0.25, -0.2) is 4.98 Å². The van der Waals surface area contributed by atoms with Gasteiger partial charge in [0.2, 0.25) is 0 Å². The van der Waals surface area contributed by atoms with Crippen LogP contribution >= 0.6 is 11.6 Å². The number of pyridine rings is 1. The molecule has 0 fully saturated rings. The largest absolute Gasteiger partial charge is 0.496 e. The Bertz CT molecular complexity index is 678. The number of rotatable bonds is 3. The summed E-state index contributed by atoms with van der Waals surface area (Å²) in [4.78, 5) is 16.1. The third-order valence-corrected chi connectivity index (χ3v) is 2.78. The van der Waals surface area contributed by atoms with E-state index in [1.807, 2.05) is 6.07 Å². The van der Waals surface area contributed by atoms with E-state index in [0.29, 0.717) is 27.7 Å². The van der Waals surface area contributed by atoms with Crippen LogP contribution in [0.15, 0.2) is 36.5 Å². The Morgan fingerprint density at radius 3 is 2.80 bits per heavy atom. The molecule has 0 spiro atoms. The summed E-state index contributed by atoms with van der Waals surface area (Å²) < 4.78 is 5.11. The summed E-state index contributed by atoms with van der Waals surface area (Å²) in [7, 11) is 1.47. The highest BCUT2D eigenvalue weighted by Crippen LogP contribution is 2.23. The van der Waals surface area contributed by atoms with Crippen molar-refractivity contribution in [2.24, 2.45) is 0 Å². The number of amides is 1. The minimum absolute atomic E-state index is 0.311. The quantitative estimate of drug-likeness (QED) is 0.942. The van der Waals surface area contributed by atoms with Crippen molar-refractivity contribution in [3.8, 4) is 11.8 Å². The first kappa shape index (κ1) is 13.8. The minimum Gasteiger partial charge on any atom is -0.496 e. The van der Waals surface area contributed by atoms with E-state index in [0.717, 1.165) is 0 Å². The zero-order chi connectivity index (χ0) is 14.5. The summed E-state index contributed by atoms with van der Waals surface area (Å²) in [5.41, 5.74) is 0.731. The number of halogens is 1. The number of nitrogens with zero attached hydrogens (tertiary/aromatic N) is 2. The van der Waals surface area contributed by atoms with Crippen molar-refractivity contribution in [1.82, 2.24) is 4.98 Å². The van der Waals surface area contributed by atoms with E-state index >= 15 is 0 Å². The zero-order valence-corrected chi connectivity index (χ0v) is 11.3. The van der Waals surface area contributed by atoms with Crippen molar-refractivity contribution >= 4 is 23.3 Å². The molecule has 1 N–H and O–H groups in total. The molecular weight excluding hydrogens is 278 g/mol. The van der Waals surface area contributed by atoms with Crippen LogP contribution in [0.1, 0.15) is 15.9 Å². The Morgan fingerprint density at radius 1 is 1.40 bits per heavy atom. The highest BCUT2D eigenvalue weighted by Gasteiger charge is 2.13. The third-order valence-electron chi connectivity index (χ3n) is 2.54. The van der Waals surface area contributed by atoms with Crippen LogP contribution in [-0.2, 0) is 0 Å². The van der Waals surface area contributed by atoms with Crippen LogP contribution < -0.4 is 10.1 Å². The molecule has 0 unspecified atom stereocenters. The van der Waals surface area contributed by atoms with Crippen molar-refractivity contribution in [2.45, 2.75) is 0 Å². The van der Waals surface area contributed by atoms with E-state index < -0.39 is 0 Å². The van der Waals surface area contributed by atoms with Crippen molar-refractivity contribution in [1.29, 1.82) is 5.26 Å². The van der Waals surface area contributed by atoms with Gasteiger partial charge in [0, 0.05) is 11.2 Å². The molecule has 6 heteroatoms. The first-order valence-corrected chi connectivity index (χ1v) is 6.03.